The first-order valence-corrected chi connectivity index (χ1v) is 13.3. The Hall–Kier alpha value is -1.62. The SMILES string of the molecule is C[S@@](=O)(=NS(=O)(=O)c1cc(Cl)sc1Cl)c1ccc(OC(=O)c2ccc(Cl)cc2)cc1. The lowest BCUT2D eigenvalue weighted by atomic mass is 10.2. The monoisotopic (exact) mass is 523 g/mol. The van der Waals surface area contributed by atoms with Crippen molar-refractivity contribution in [2.45, 2.75) is 9.79 Å². The molecule has 0 fully saturated rings. The molecule has 0 aliphatic carbocycles. The zero-order chi connectivity index (χ0) is 22.1. The van der Waals surface area contributed by atoms with Crippen molar-refractivity contribution in [2.75, 3.05) is 6.26 Å². The third kappa shape index (κ3) is 5.35. The van der Waals surface area contributed by atoms with Gasteiger partial charge in [-0.3, -0.25) is 0 Å². The maximum atomic E-state index is 12.9. The van der Waals surface area contributed by atoms with E-state index >= 15 is 0 Å². The Bertz CT molecular complexity index is 1320. The lowest BCUT2D eigenvalue weighted by molar-refractivity contribution is 0.0734. The standard InChI is InChI=1S/C18H12Cl3NO5S3/c1-29(24,22-30(25,26)15-10-16(20)28-17(15)21)14-8-6-13(7-9-14)27-18(23)11-2-4-12(19)5-3-11/h2-10H,1H3/t29-/m0/s1. The highest BCUT2D eigenvalue weighted by atomic mass is 35.5. The third-order valence-corrected chi connectivity index (χ3v) is 9.62. The van der Waals surface area contributed by atoms with E-state index in [9.17, 15) is 17.4 Å². The van der Waals surface area contributed by atoms with Gasteiger partial charge in [0.2, 0.25) is 0 Å². The predicted molar refractivity (Wildman–Crippen MR) is 119 cm³/mol. The van der Waals surface area contributed by atoms with Crippen LogP contribution in [0.4, 0.5) is 0 Å². The zero-order valence-electron chi connectivity index (χ0n) is 15.0. The van der Waals surface area contributed by atoms with Gasteiger partial charge in [0.05, 0.1) is 19.6 Å². The van der Waals surface area contributed by atoms with E-state index in [0.29, 0.717) is 10.6 Å². The van der Waals surface area contributed by atoms with E-state index in [4.69, 9.17) is 39.5 Å². The molecule has 158 valence electrons. The Kier molecular flexibility index (Phi) is 6.81. The number of ether oxygens (including phenoxy) is 1. The number of benzene rings is 2. The number of carbonyl (C=O) groups excluding carboxylic acids is 1. The molecule has 0 bridgehead atoms. The van der Waals surface area contributed by atoms with Crippen molar-refractivity contribution in [1.82, 2.24) is 0 Å². The van der Waals surface area contributed by atoms with Crippen LogP contribution in [0, 0.1) is 0 Å². The summed E-state index contributed by atoms with van der Waals surface area (Å²) >= 11 is 18.3. The highest BCUT2D eigenvalue weighted by Crippen LogP contribution is 2.35. The van der Waals surface area contributed by atoms with Crippen LogP contribution in [0.5, 0.6) is 5.75 Å². The maximum Gasteiger partial charge on any atom is 0.343 e. The summed E-state index contributed by atoms with van der Waals surface area (Å²) in [6.45, 7) is 0. The van der Waals surface area contributed by atoms with Gasteiger partial charge in [0.15, 0.2) is 0 Å². The van der Waals surface area contributed by atoms with Crippen LogP contribution in [0.3, 0.4) is 0 Å². The fraction of sp³-hybridized carbons (Fsp3) is 0.0556. The molecule has 0 aliphatic rings. The molecule has 0 radical (unpaired) electrons. The van der Waals surface area contributed by atoms with Gasteiger partial charge in [0, 0.05) is 16.2 Å². The van der Waals surface area contributed by atoms with Gasteiger partial charge in [-0.15, -0.1) is 15.1 Å². The minimum atomic E-state index is -4.30. The summed E-state index contributed by atoms with van der Waals surface area (Å²) in [5, 5.41) is 0.485. The molecule has 0 saturated heterocycles. The molecule has 0 amide bonds. The van der Waals surface area contributed by atoms with Crippen molar-refractivity contribution in [3.63, 3.8) is 0 Å². The van der Waals surface area contributed by atoms with E-state index in [0.717, 1.165) is 17.4 Å². The minimum Gasteiger partial charge on any atom is -0.423 e. The zero-order valence-corrected chi connectivity index (χ0v) is 19.8. The molecule has 0 N–H and O–H groups in total. The summed E-state index contributed by atoms with van der Waals surface area (Å²) in [7, 11) is -7.64. The smallest absolute Gasteiger partial charge is 0.343 e. The Morgan fingerprint density at radius 2 is 1.57 bits per heavy atom. The number of carbonyl (C=O) groups is 1. The molecule has 30 heavy (non-hydrogen) atoms. The summed E-state index contributed by atoms with van der Waals surface area (Å²) in [5.74, 6) is -0.419. The summed E-state index contributed by atoms with van der Waals surface area (Å²) < 4.78 is 46.8. The van der Waals surface area contributed by atoms with Crippen molar-refractivity contribution < 1.29 is 22.2 Å². The lowest BCUT2D eigenvalue weighted by Crippen LogP contribution is -2.08. The second-order valence-corrected chi connectivity index (χ2v) is 12.7. The number of sulfonamides is 1. The molecule has 0 spiro atoms. The number of hydrogen-bond acceptors (Lipinski definition) is 6. The molecule has 2 aromatic carbocycles. The number of rotatable bonds is 5. The van der Waals surface area contributed by atoms with Crippen LogP contribution in [-0.2, 0) is 19.8 Å². The second-order valence-electron chi connectivity index (χ2n) is 5.91. The highest BCUT2D eigenvalue weighted by molar-refractivity contribution is 8.03. The van der Waals surface area contributed by atoms with Gasteiger partial charge in [-0.05, 0) is 54.6 Å². The van der Waals surface area contributed by atoms with Crippen LogP contribution in [-0.4, -0.2) is 24.9 Å². The average molecular weight is 525 g/mol. The molecular formula is C18H12Cl3NO5S3. The summed E-state index contributed by atoms with van der Waals surface area (Å²) in [6, 6.07) is 12.8. The molecule has 3 rings (SSSR count). The number of nitrogens with zero attached hydrogens (tertiary/aromatic N) is 1. The number of halogens is 3. The normalized spacial score (nSPS) is 13.5. The maximum absolute atomic E-state index is 12.9. The number of thiophene rings is 1. The minimum absolute atomic E-state index is 0.0663. The first-order valence-electron chi connectivity index (χ1n) is 7.99. The van der Waals surface area contributed by atoms with Gasteiger partial charge in [0.25, 0.3) is 10.0 Å². The molecule has 0 aliphatic heterocycles. The highest BCUT2D eigenvalue weighted by Gasteiger charge is 2.23. The number of esters is 1. The lowest BCUT2D eigenvalue weighted by Gasteiger charge is -2.07. The fourth-order valence-corrected chi connectivity index (χ4v) is 7.83. The van der Waals surface area contributed by atoms with E-state index < -0.39 is 25.7 Å². The fourth-order valence-electron chi connectivity index (χ4n) is 2.28. The summed E-state index contributed by atoms with van der Waals surface area (Å²) in [6.07, 6.45) is 1.18. The van der Waals surface area contributed by atoms with Gasteiger partial charge in [-0.2, -0.15) is 8.42 Å². The Balaban J connectivity index is 1.84. The first-order chi connectivity index (χ1) is 14.0. The first kappa shape index (κ1) is 23.1. The third-order valence-electron chi connectivity index (χ3n) is 3.70. The molecule has 1 atom stereocenters. The van der Waals surface area contributed by atoms with Crippen molar-refractivity contribution in [1.29, 1.82) is 0 Å². The van der Waals surface area contributed by atoms with Crippen LogP contribution in [0.15, 0.2) is 68.2 Å². The molecule has 0 saturated carbocycles. The van der Waals surface area contributed by atoms with E-state index in [1.807, 2.05) is 0 Å². The molecule has 1 aromatic heterocycles. The van der Waals surface area contributed by atoms with Crippen molar-refractivity contribution in [2.24, 2.45) is 3.77 Å². The van der Waals surface area contributed by atoms with Gasteiger partial charge in [0.1, 0.15) is 15.0 Å². The predicted octanol–water partition coefficient (Wildman–Crippen LogP) is 5.77. The largest absolute Gasteiger partial charge is 0.423 e. The Morgan fingerprint density at radius 1 is 0.967 bits per heavy atom. The van der Waals surface area contributed by atoms with Gasteiger partial charge < -0.3 is 4.74 Å². The Labute approximate surface area is 192 Å². The Morgan fingerprint density at radius 3 is 2.10 bits per heavy atom. The van der Waals surface area contributed by atoms with Crippen LogP contribution in [0.2, 0.25) is 13.7 Å². The van der Waals surface area contributed by atoms with Crippen LogP contribution < -0.4 is 4.74 Å². The van der Waals surface area contributed by atoms with Gasteiger partial charge in [-0.25, -0.2) is 9.00 Å². The average Bonchev–Trinajstić information content (AvgIpc) is 3.01. The van der Waals surface area contributed by atoms with Crippen LogP contribution in [0.1, 0.15) is 10.4 Å². The quantitative estimate of drug-likeness (QED) is 0.312. The van der Waals surface area contributed by atoms with E-state index in [2.05, 4.69) is 3.77 Å². The van der Waals surface area contributed by atoms with Gasteiger partial charge in [-0.1, -0.05) is 34.8 Å². The van der Waals surface area contributed by atoms with E-state index in [1.165, 1.54) is 42.7 Å². The van der Waals surface area contributed by atoms with E-state index in [-0.39, 0.29) is 24.2 Å². The molecule has 6 nitrogen and oxygen atoms in total. The van der Waals surface area contributed by atoms with Crippen molar-refractivity contribution >= 4 is 71.9 Å². The second kappa shape index (κ2) is 8.86. The van der Waals surface area contributed by atoms with Crippen LogP contribution >= 0.6 is 46.1 Å². The molecular weight excluding hydrogens is 513 g/mol. The summed E-state index contributed by atoms with van der Waals surface area (Å²) in [4.78, 5) is 12.0. The van der Waals surface area contributed by atoms with Crippen LogP contribution in [0.25, 0.3) is 0 Å². The topological polar surface area (TPSA) is 89.9 Å². The molecule has 1 heterocycles. The van der Waals surface area contributed by atoms with Crippen molar-refractivity contribution in [3.05, 3.63) is 73.9 Å². The summed E-state index contributed by atoms with van der Waals surface area (Å²) in [5.41, 5.74) is 0.301. The van der Waals surface area contributed by atoms with E-state index in [1.54, 1.807) is 12.1 Å². The molecule has 0 unspecified atom stereocenters. The number of hydrogen-bond donors (Lipinski definition) is 0. The van der Waals surface area contributed by atoms with Crippen molar-refractivity contribution in [3.8, 4) is 5.75 Å². The molecule has 3 aromatic rings. The molecule has 12 heteroatoms. The van der Waals surface area contributed by atoms with Gasteiger partial charge >= 0.3 is 5.97 Å².